The zero-order valence-corrected chi connectivity index (χ0v) is 26.1. The number of nitriles is 1. The summed E-state index contributed by atoms with van der Waals surface area (Å²) in [6, 6.07) is 63.2. The molecule has 0 radical (unpaired) electrons. The molecule has 1 aromatic heterocycles. The highest BCUT2D eigenvalue weighted by Crippen LogP contribution is 2.39. The molecule has 0 amide bonds. The van der Waals surface area contributed by atoms with Crippen molar-refractivity contribution in [1.82, 2.24) is 4.98 Å². The molecule has 0 bridgehead atoms. The molecular weight excluding hydrogens is 575 g/mol. The van der Waals surface area contributed by atoms with Gasteiger partial charge in [-0.15, -0.1) is 0 Å². The largest absolute Gasteiger partial charge is 0.311 e. The van der Waals surface area contributed by atoms with Gasteiger partial charge in [-0.3, -0.25) is 4.98 Å². The van der Waals surface area contributed by atoms with Crippen molar-refractivity contribution in [2.24, 2.45) is 0 Å². The summed E-state index contributed by atoms with van der Waals surface area (Å²) in [7, 11) is -2.64. The first-order valence-corrected chi connectivity index (χ1v) is 17.4. The summed E-state index contributed by atoms with van der Waals surface area (Å²) < 4.78 is 0. The van der Waals surface area contributed by atoms with E-state index in [1.165, 1.54) is 32.1 Å². The summed E-state index contributed by atoms with van der Waals surface area (Å²) in [6.07, 6.45) is 1.69. The van der Waals surface area contributed by atoms with Crippen molar-refractivity contribution in [3.8, 4) is 28.5 Å². The van der Waals surface area contributed by atoms with E-state index in [1.54, 1.807) is 12.3 Å². The number of hydrogen-bond donors (Lipinski definition) is 0. The van der Waals surface area contributed by atoms with Gasteiger partial charge in [0.15, 0.2) is 8.07 Å². The Kier molecular flexibility index (Phi) is 6.87. The van der Waals surface area contributed by atoms with Gasteiger partial charge in [0.05, 0.1) is 17.3 Å². The van der Waals surface area contributed by atoms with Gasteiger partial charge < -0.3 is 4.90 Å². The van der Waals surface area contributed by atoms with Crippen LogP contribution in [0.5, 0.6) is 0 Å². The lowest BCUT2D eigenvalue weighted by molar-refractivity contribution is 1.29. The predicted octanol–water partition coefficient (Wildman–Crippen LogP) is 7.45. The molecule has 0 aliphatic carbocycles. The molecule has 2 heterocycles. The maximum absolute atomic E-state index is 9.32. The number of benzene rings is 6. The van der Waals surface area contributed by atoms with Crippen molar-refractivity contribution < 1.29 is 0 Å². The van der Waals surface area contributed by atoms with Gasteiger partial charge in [0.1, 0.15) is 0 Å². The maximum Gasteiger partial charge on any atom is 0.184 e. The number of nitrogens with zero attached hydrogens (tertiary/aromatic N) is 3. The fourth-order valence-corrected chi connectivity index (χ4v) is 12.1. The summed E-state index contributed by atoms with van der Waals surface area (Å²) in [5.74, 6) is 0. The quantitative estimate of drug-likeness (QED) is 0.192. The SMILES string of the molecule is N#Cc1ccnc(-c2ccc(-c3cccc(N4c5ccccc5[Si](c5ccccc5)(c5ccccc5)c5ccccc54)c3)cc2)c1. The average Bonchev–Trinajstić information content (AvgIpc) is 3.14. The van der Waals surface area contributed by atoms with Crippen LogP contribution in [-0.4, -0.2) is 13.1 Å². The minimum absolute atomic E-state index is 0.607. The van der Waals surface area contributed by atoms with Crippen LogP contribution >= 0.6 is 0 Å². The van der Waals surface area contributed by atoms with Crippen molar-refractivity contribution in [1.29, 1.82) is 5.26 Å². The molecule has 0 saturated carbocycles. The predicted molar refractivity (Wildman–Crippen MR) is 192 cm³/mol. The Morgan fingerprint density at radius 3 is 1.67 bits per heavy atom. The van der Waals surface area contributed by atoms with Crippen LogP contribution in [-0.2, 0) is 0 Å². The van der Waals surface area contributed by atoms with Gasteiger partial charge in [-0.2, -0.15) is 5.26 Å². The zero-order chi connectivity index (χ0) is 30.9. The van der Waals surface area contributed by atoms with E-state index in [0.29, 0.717) is 5.56 Å². The Bertz CT molecular complexity index is 2130. The monoisotopic (exact) mass is 603 g/mol. The third kappa shape index (κ3) is 4.45. The molecule has 0 spiro atoms. The molecular formula is C42H29N3Si. The van der Waals surface area contributed by atoms with Crippen molar-refractivity contribution >= 4 is 45.9 Å². The molecule has 8 rings (SSSR count). The number of fused-ring (bicyclic) bond motifs is 2. The van der Waals surface area contributed by atoms with Gasteiger partial charge >= 0.3 is 0 Å². The number of pyridine rings is 1. The van der Waals surface area contributed by atoms with E-state index in [9.17, 15) is 5.26 Å². The molecule has 4 heteroatoms. The van der Waals surface area contributed by atoms with Crippen molar-refractivity contribution in [3.63, 3.8) is 0 Å². The second-order valence-electron chi connectivity index (χ2n) is 11.5. The first kappa shape index (κ1) is 27.5. The van der Waals surface area contributed by atoms with Crippen LogP contribution in [0.25, 0.3) is 22.4 Å². The van der Waals surface area contributed by atoms with E-state index in [2.05, 4.69) is 174 Å². The number of rotatable bonds is 5. The van der Waals surface area contributed by atoms with E-state index in [0.717, 1.165) is 28.1 Å². The first-order chi connectivity index (χ1) is 22.8. The van der Waals surface area contributed by atoms with Gasteiger partial charge in [-0.1, -0.05) is 133 Å². The molecule has 6 aromatic carbocycles. The Hall–Kier alpha value is -6.02. The van der Waals surface area contributed by atoms with Crippen LogP contribution in [0.1, 0.15) is 5.56 Å². The van der Waals surface area contributed by atoms with Crippen LogP contribution in [0.3, 0.4) is 0 Å². The Balaban J connectivity index is 1.29. The van der Waals surface area contributed by atoms with E-state index >= 15 is 0 Å². The van der Waals surface area contributed by atoms with Gasteiger partial charge in [0.2, 0.25) is 0 Å². The number of para-hydroxylation sites is 2. The summed E-state index contributed by atoms with van der Waals surface area (Å²) in [4.78, 5) is 6.92. The van der Waals surface area contributed by atoms with E-state index < -0.39 is 8.07 Å². The smallest absolute Gasteiger partial charge is 0.184 e. The van der Waals surface area contributed by atoms with E-state index in [-0.39, 0.29) is 0 Å². The summed E-state index contributed by atoms with van der Waals surface area (Å²) in [5.41, 5.74) is 8.21. The third-order valence-corrected chi connectivity index (χ3v) is 13.9. The van der Waals surface area contributed by atoms with Crippen LogP contribution in [0.15, 0.2) is 176 Å². The van der Waals surface area contributed by atoms with Crippen LogP contribution in [0, 0.1) is 11.3 Å². The van der Waals surface area contributed by atoms with Crippen molar-refractivity contribution in [2.75, 3.05) is 4.90 Å². The zero-order valence-electron chi connectivity index (χ0n) is 25.1. The third-order valence-electron chi connectivity index (χ3n) is 9.02. The Labute approximate surface area is 270 Å². The molecule has 0 fully saturated rings. The maximum atomic E-state index is 9.32. The number of aromatic nitrogens is 1. The fraction of sp³-hybridized carbons (Fsp3) is 0. The summed E-state index contributed by atoms with van der Waals surface area (Å²) in [5, 5.41) is 14.8. The lowest BCUT2D eigenvalue weighted by Gasteiger charge is -2.45. The lowest BCUT2D eigenvalue weighted by atomic mass is 10.0. The molecule has 216 valence electrons. The van der Waals surface area contributed by atoms with Crippen LogP contribution in [0.4, 0.5) is 17.1 Å². The molecule has 0 unspecified atom stereocenters. The molecule has 0 atom stereocenters. The topological polar surface area (TPSA) is 39.9 Å². The fourth-order valence-electron chi connectivity index (χ4n) is 7.01. The summed E-state index contributed by atoms with van der Waals surface area (Å²) >= 11 is 0. The second kappa shape index (κ2) is 11.5. The van der Waals surface area contributed by atoms with Gasteiger partial charge in [-0.05, 0) is 68.3 Å². The standard InChI is InChI=1S/C42H29N3Si/c43-30-31-26-27-44-38(28-31)33-24-22-32(23-25-33)34-12-11-13-35(29-34)45-39-18-7-9-20-41(39)46(36-14-3-1-4-15-36,37-16-5-2-6-17-37)42-21-10-8-19-40(42)45/h1-29H. The molecule has 1 aliphatic rings. The Morgan fingerprint density at radius 2 is 1.07 bits per heavy atom. The minimum atomic E-state index is -2.64. The van der Waals surface area contributed by atoms with Crippen molar-refractivity contribution in [2.45, 2.75) is 0 Å². The van der Waals surface area contributed by atoms with Gasteiger partial charge in [0.25, 0.3) is 0 Å². The normalized spacial score (nSPS) is 12.9. The van der Waals surface area contributed by atoms with Crippen LogP contribution in [0.2, 0.25) is 0 Å². The summed E-state index contributed by atoms with van der Waals surface area (Å²) in [6.45, 7) is 0. The first-order valence-electron chi connectivity index (χ1n) is 15.4. The van der Waals surface area contributed by atoms with E-state index in [1.807, 2.05) is 6.07 Å². The highest BCUT2D eigenvalue weighted by Gasteiger charge is 2.48. The lowest BCUT2D eigenvalue weighted by Crippen LogP contribution is -2.77. The average molecular weight is 604 g/mol. The van der Waals surface area contributed by atoms with Crippen molar-refractivity contribution in [3.05, 3.63) is 182 Å². The minimum Gasteiger partial charge on any atom is -0.311 e. The van der Waals surface area contributed by atoms with Gasteiger partial charge in [0, 0.05) is 28.8 Å². The second-order valence-corrected chi connectivity index (χ2v) is 15.3. The van der Waals surface area contributed by atoms with E-state index in [4.69, 9.17) is 0 Å². The highest BCUT2D eigenvalue weighted by atomic mass is 28.3. The molecule has 1 aliphatic heterocycles. The molecule has 0 saturated heterocycles. The molecule has 0 N–H and O–H groups in total. The van der Waals surface area contributed by atoms with Gasteiger partial charge in [-0.25, -0.2) is 0 Å². The highest BCUT2D eigenvalue weighted by molar-refractivity contribution is 7.21. The Morgan fingerprint density at radius 1 is 0.500 bits per heavy atom. The molecule has 3 nitrogen and oxygen atoms in total. The molecule has 46 heavy (non-hydrogen) atoms. The number of hydrogen-bond acceptors (Lipinski definition) is 3. The molecule has 7 aromatic rings. The van der Waals surface area contributed by atoms with Crippen LogP contribution < -0.4 is 25.6 Å². The number of anilines is 3.